The minimum Gasteiger partial charge on any atom is -0.359 e. The molecule has 1 fully saturated rings. The van der Waals surface area contributed by atoms with Crippen molar-refractivity contribution in [3.63, 3.8) is 0 Å². The summed E-state index contributed by atoms with van der Waals surface area (Å²) in [5.41, 5.74) is 0. The van der Waals surface area contributed by atoms with E-state index in [1.165, 1.54) is 37.5 Å². The average Bonchev–Trinajstić information content (AvgIpc) is 2.97. The van der Waals surface area contributed by atoms with Gasteiger partial charge in [0.15, 0.2) is 0 Å². The lowest BCUT2D eigenvalue weighted by atomic mass is 10.2. The summed E-state index contributed by atoms with van der Waals surface area (Å²) in [6, 6.07) is 0.587. The number of likely N-dealkylation sites (tertiary alicyclic amines) is 1. The number of aromatic nitrogens is 2. The van der Waals surface area contributed by atoms with Gasteiger partial charge >= 0.3 is 0 Å². The second-order valence-corrected chi connectivity index (χ2v) is 5.84. The van der Waals surface area contributed by atoms with Gasteiger partial charge in [0, 0.05) is 30.0 Å². The maximum atomic E-state index is 4.49. The number of anilines is 1. The molecule has 1 saturated heterocycles. The molecular formula is C12H22N4S. The van der Waals surface area contributed by atoms with Gasteiger partial charge < -0.3 is 5.32 Å². The van der Waals surface area contributed by atoms with Crippen LogP contribution in [0.5, 0.6) is 0 Å². The zero-order valence-corrected chi connectivity index (χ0v) is 11.8. The van der Waals surface area contributed by atoms with Crippen molar-refractivity contribution in [2.75, 3.05) is 25.0 Å². The molecule has 2 rings (SSSR count). The second-order valence-electron chi connectivity index (χ2n) is 5.09. The molecule has 17 heavy (non-hydrogen) atoms. The van der Waals surface area contributed by atoms with Crippen LogP contribution in [0.3, 0.4) is 0 Å². The zero-order chi connectivity index (χ0) is 12.3. The van der Waals surface area contributed by atoms with Crippen LogP contribution in [-0.2, 0) is 0 Å². The van der Waals surface area contributed by atoms with Crippen molar-refractivity contribution < 1.29 is 0 Å². The van der Waals surface area contributed by atoms with Gasteiger partial charge in [0.25, 0.3) is 0 Å². The Bertz CT molecular complexity index is 344. The van der Waals surface area contributed by atoms with Gasteiger partial charge in [-0.25, -0.2) is 4.98 Å². The van der Waals surface area contributed by atoms with Crippen molar-refractivity contribution >= 4 is 16.7 Å². The normalized spacial score (nSPS) is 18.8. The van der Waals surface area contributed by atoms with Crippen LogP contribution in [0.25, 0.3) is 0 Å². The molecule has 0 amide bonds. The average molecular weight is 254 g/mol. The molecule has 0 aliphatic carbocycles. The Hall–Kier alpha value is -0.680. The Balaban J connectivity index is 1.80. The Morgan fingerprint density at radius 1 is 1.29 bits per heavy atom. The van der Waals surface area contributed by atoms with Crippen molar-refractivity contribution in [3.05, 3.63) is 5.82 Å². The zero-order valence-electron chi connectivity index (χ0n) is 10.9. The number of hydrogen-bond acceptors (Lipinski definition) is 5. The first-order chi connectivity index (χ1) is 8.16. The van der Waals surface area contributed by atoms with Gasteiger partial charge in [-0.2, -0.15) is 4.37 Å². The number of nitrogens with one attached hydrogen (secondary N) is 1. The van der Waals surface area contributed by atoms with E-state index in [1.807, 2.05) is 0 Å². The third-order valence-electron chi connectivity index (χ3n) is 3.27. The van der Waals surface area contributed by atoms with Gasteiger partial charge in [-0.3, -0.25) is 4.90 Å². The fraction of sp³-hybridized carbons (Fsp3) is 0.833. The third-order valence-corrected chi connectivity index (χ3v) is 3.96. The highest BCUT2D eigenvalue weighted by Gasteiger charge is 2.18. The number of rotatable bonds is 5. The van der Waals surface area contributed by atoms with E-state index in [4.69, 9.17) is 0 Å². The quantitative estimate of drug-likeness (QED) is 0.877. The molecule has 1 unspecified atom stereocenters. The Kier molecular flexibility index (Phi) is 4.34. The molecular weight excluding hydrogens is 232 g/mol. The van der Waals surface area contributed by atoms with Crippen LogP contribution in [-0.4, -0.2) is 39.9 Å². The molecule has 1 aliphatic heterocycles. The molecule has 96 valence electrons. The van der Waals surface area contributed by atoms with Crippen LogP contribution < -0.4 is 5.32 Å². The van der Waals surface area contributed by atoms with Crippen molar-refractivity contribution in [3.8, 4) is 0 Å². The first-order valence-corrected chi connectivity index (χ1v) is 7.25. The lowest BCUT2D eigenvalue weighted by Crippen LogP contribution is -2.35. The molecule has 1 aromatic heterocycles. The van der Waals surface area contributed by atoms with E-state index in [-0.39, 0.29) is 0 Å². The van der Waals surface area contributed by atoms with Crippen LogP contribution in [0.1, 0.15) is 45.4 Å². The SMILES string of the molecule is CC(C)c1nsc(NCC(C)N2CCCC2)n1. The predicted octanol–water partition coefficient (Wildman–Crippen LogP) is 2.56. The standard InChI is InChI=1S/C12H22N4S/c1-9(2)11-14-12(17-15-11)13-8-10(3)16-6-4-5-7-16/h9-10H,4-8H2,1-3H3,(H,13,14,15). The molecule has 1 aliphatic rings. The van der Waals surface area contributed by atoms with Gasteiger partial charge in [-0.15, -0.1) is 0 Å². The topological polar surface area (TPSA) is 41.1 Å². The molecule has 0 aromatic carbocycles. The van der Waals surface area contributed by atoms with Crippen LogP contribution >= 0.6 is 11.5 Å². The number of hydrogen-bond donors (Lipinski definition) is 1. The van der Waals surface area contributed by atoms with Crippen molar-refractivity contribution in [1.82, 2.24) is 14.3 Å². The number of nitrogens with zero attached hydrogens (tertiary/aromatic N) is 3. The first-order valence-electron chi connectivity index (χ1n) is 6.48. The van der Waals surface area contributed by atoms with E-state index in [1.54, 1.807) is 0 Å². The smallest absolute Gasteiger partial charge is 0.202 e. The van der Waals surface area contributed by atoms with Crippen LogP contribution in [0, 0.1) is 0 Å². The van der Waals surface area contributed by atoms with Crippen LogP contribution in [0.2, 0.25) is 0 Å². The van der Waals surface area contributed by atoms with Gasteiger partial charge in [-0.05, 0) is 32.9 Å². The van der Waals surface area contributed by atoms with Gasteiger partial charge in [0.2, 0.25) is 5.13 Å². The van der Waals surface area contributed by atoms with E-state index in [0.29, 0.717) is 12.0 Å². The molecule has 4 nitrogen and oxygen atoms in total. The summed E-state index contributed by atoms with van der Waals surface area (Å²) in [7, 11) is 0. The van der Waals surface area contributed by atoms with Crippen molar-refractivity contribution in [2.24, 2.45) is 0 Å². The van der Waals surface area contributed by atoms with Crippen LogP contribution in [0.15, 0.2) is 0 Å². The fourth-order valence-corrected chi connectivity index (χ4v) is 2.80. The second kappa shape index (κ2) is 5.78. The summed E-state index contributed by atoms with van der Waals surface area (Å²) in [5.74, 6) is 1.36. The summed E-state index contributed by atoms with van der Waals surface area (Å²) in [5, 5.41) is 4.36. The highest BCUT2D eigenvalue weighted by Crippen LogP contribution is 2.18. The van der Waals surface area contributed by atoms with Crippen molar-refractivity contribution in [2.45, 2.75) is 45.6 Å². The minimum atomic E-state index is 0.415. The highest BCUT2D eigenvalue weighted by atomic mass is 32.1. The summed E-state index contributed by atoms with van der Waals surface area (Å²) in [4.78, 5) is 7.03. The predicted molar refractivity (Wildman–Crippen MR) is 72.8 cm³/mol. The lowest BCUT2D eigenvalue weighted by molar-refractivity contribution is 0.269. The molecule has 0 radical (unpaired) electrons. The molecule has 0 bridgehead atoms. The highest BCUT2D eigenvalue weighted by molar-refractivity contribution is 7.09. The van der Waals surface area contributed by atoms with Crippen molar-refractivity contribution in [1.29, 1.82) is 0 Å². The molecule has 0 spiro atoms. The van der Waals surface area contributed by atoms with Crippen LogP contribution in [0.4, 0.5) is 5.13 Å². The molecule has 5 heteroatoms. The van der Waals surface area contributed by atoms with Gasteiger partial charge in [-0.1, -0.05) is 13.8 Å². The summed E-state index contributed by atoms with van der Waals surface area (Å²) in [6.07, 6.45) is 2.70. The van der Waals surface area contributed by atoms with Gasteiger partial charge in [0.05, 0.1) is 0 Å². The minimum absolute atomic E-state index is 0.415. The van der Waals surface area contributed by atoms with Gasteiger partial charge in [0.1, 0.15) is 5.82 Å². The van der Waals surface area contributed by atoms with E-state index >= 15 is 0 Å². The largest absolute Gasteiger partial charge is 0.359 e. The molecule has 0 saturated carbocycles. The molecule has 1 aromatic rings. The Morgan fingerprint density at radius 2 is 2.00 bits per heavy atom. The Morgan fingerprint density at radius 3 is 2.59 bits per heavy atom. The summed E-state index contributed by atoms with van der Waals surface area (Å²) >= 11 is 1.47. The molecule has 2 heterocycles. The van der Waals surface area contributed by atoms with E-state index in [9.17, 15) is 0 Å². The first kappa shape index (κ1) is 12.8. The summed E-state index contributed by atoms with van der Waals surface area (Å²) in [6.45, 7) is 9.99. The molecule has 1 atom stereocenters. The monoisotopic (exact) mass is 254 g/mol. The van der Waals surface area contributed by atoms with E-state index in [0.717, 1.165) is 17.5 Å². The summed E-state index contributed by atoms with van der Waals surface area (Å²) < 4.78 is 4.35. The molecule has 1 N–H and O–H groups in total. The maximum absolute atomic E-state index is 4.49. The Labute approximate surface area is 108 Å². The van der Waals surface area contributed by atoms with E-state index < -0.39 is 0 Å². The fourth-order valence-electron chi connectivity index (χ4n) is 2.09. The van der Waals surface area contributed by atoms with E-state index in [2.05, 4.69) is 40.3 Å². The third kappa shape index (κ3) is 3.39. The maximum Gasteiger partial charge on any atom is 0.202 e. The lowest BCUT2D eigenvalue weighted by Gasteiger charge is -2.23.